The first-order chi connectivity index (χ1) is 33.2. The van der Waals surface area contributed by atoms with Gasteiger partial charge in [0.05, 0.1) is 26.2 Å². The number of aliphatic carboxylic acids is 7. The molecule has 3 atom stereocenters. The van der Waals surface area contributed by atoms with Gasteiger partial charge in [0.2, 0.25) is 5.91 Å². The Morgan fingerprint density at radius 2 is 1.00 bits per heavy atom. The molecule has 0 spiro atoms. The van der Waals surface area contributed by atoms with Crippen molar-refractivity contribution in [2.75, 3.05) is 78.5 Å². The molecule has 0 saturated carbocycles. The second-order valence-corrected chi connectivity index (χ2v) is 18.1. The second kappa shape index (κ2) is 36.3. The molecule has 1 heterocycles. The predicted octanol–water partition coefficient (Wildman–Crippen LogP) is 1.55. The molecular formula is C46H71LuN7O16S. The number of nitrogens with zero attached hydrogens (tertiary/aromatic N) is 4. The van der Waals surface area contributed by atoms with Crippen LogP contribution in [0.25, 0.3) is 0 Å². The van der Waals surface area contributed by atoms with Gasteiger partial charge in [-0.25, -0.2) is 14.4 Å². The summed E-state index contributed by atoms with van der Waals surface area (Å²) in [6, 6.07) is 3.50. The van der Waals surface area contributed by atoms with Crippen LogP contribution in [0.1, 0.15) is 94.6 Å². The Morgan fingerprint density at radius 1 is 0.535 bits per heavy atom. The zero-order chi connectivity index (χ0) is 52.0. The van der Waals surface area contributed by atoms with E-state index in [4.69, 9.17) is 17.3 Å². The maximum Gasteiger partial charge on any atom is 0.326 e. The van der Waals surface area contributed by atoms with Crippen LogP contribution in [0, 0.1) is 36.9 Å². The zero-order valence-electron chi connectivity index (χ0n) is 39.9. The Labute approximate surface area is 447 Å². The van der Waals surface area contributed by atoms with Crippen LogP contribution in [0.2, 0.25) is 0 Å². The van der Waals surface area contributed by atoms with Crippen molar-refractivity contribution in [3.63, 3.8) is 0 Å². The van der Waals surface area contributed by atoms with E-state index in [2.05, 4.69) is 16.0 Å². The van der Waals surface area contributed by atoms with Crippen molar-refractivity contribution in [1.29, 1.82) is 0 Å². The van der Waals surface area contributed by atoms with Crippen molar-refractivity contribution >= 4 is 70.8 Å². The van der Waals surface area contributed by atoms with Crippen LogP contribution in [-0.2, 0) is 51.2 Å². The van der Waals surface area contributed by atoms with Gasteiger partial charge in [-0.05, 0) is 67.4 Å². The summed E-state index contributed by atoms with van der Waals surface area (Å²) in [4.78, 5) is 113. The number of rotatable bonds is 33. The topological polar surface area (TPSA) is 344 Å². The van der Waals surface area contributed by atoms with Crippen LogP contribution in [0.15, 0.2) is 24.3 Å². The van der Waals surface area contributed by atoms with E-state index in [9.17, 15) is 73.8 Å². The summed E-state index contributed by atoms with van der Waals surface area (Å²) in [7, 11) is 0. The van der Waals surface area contributed by atoms with Gasteiger partial charge in [0, 0.05) is 115 Å². The first-order valence-electron chi connectivity index (χ1n) is 23.6. The van der Waals surface area contributed by atoms with Crippen LogP contribution in [0.3, 0.4) is 0 Å². The van der Waals surface area contributed by atoms with E-state index < -0.39 is 72.4 Å². The molecule has 1 unspecified atom stereocenters. The van der Waals surface area contributed by atoms with Gasteiger partial charge in [-0.2, -0.15) is 0 Å². The molecule has 25 heteroatoms. The Morgan fingerprint density at radius 3 is 1.52 bits per heavy atom. The molecule has 0 aromatic heterocycles. The van der Waals surface area contributed by atoms with Crippen molar-refractivity contribution in [2.24, 2.45) is 0 Å². The van der Waals surface area contributed by atoms with E-state index in [0.717, 1.165) is 54.5 Å². The number of carbonyl (C=O) groups excluding carboxylic acids is 2. The van der Waals surface area contributed by atoms with Crippen molar-refractivity contribution in [3.05, 3.63) is 35.4 Å². The third-order valence-electron chi connectivity index (χ3n) is 11.7. The van der Waals surface area contributed by atoms with Crippen LogP contribution >= 0.6 is 12.2 Å². The molecule has 10 N–H and O–H groups in total. The Bertz CT molecular complexity index is 1900. The third-order valence-corrected chi connectivity index (χ3v) is 12.0. The minimum absolute atomic E-state index is 0. The van der Waals surface area contributed by atoms with Crippen molar-refractivity contribution in [3.8, 4) is 0 Å². The predicted molar refractivity (Wildman–Crippen MR) is 257 cm³/mol. The molecule has 1 aromatic rings. The molecule has 1 radical (unpaired) electrons. The summed E-state index contributed by atoms with van der Waals surface area (Å²) in [5.41, 5.74) is 1.90. The standard InChI is InChI=1S/C46H71N7O16S.Lu/c54-38(47-18-8-7-10-36(44(65)66)48-46(69)49-37(45(67)68)16-17-39(55)56)11-6-4-2-1-3-5-9-35(70)26-33-14-12-32(13-15-33)25-34-27-52(30-42(61)62)22-21-50(28-40(57)58)19-20-51(29-41(59)60)23-24-53(34)31-43(63)64;/h12-15,34,36-37H,1-11,16-31H2,(H,47,54)(H,55,56)(H,57,58)(H,59,60)(H,61,62)(H,63,64)(H,65,66)(H,67,68)(H2,48,49,69);/t34?,36-,37-;/m0./s1. The number of hydrogen-bond donors (Lipinski definition) is 10. The molecular weight excluding hydrogens is 1110 g/mol. The zero-order valence-corrected chi connectivity index (χ0v) is 42.4. The molecule has 0 aliphatic carbocycles. The largest absolute Gasteiger partial charge is 0.481 e. The van der Waals surface area contributed by atoms with Crippen molar-refractivity contribution < 1.29 is 116 Å². The molecule has 2 rings (SSSR count). The third kappa shape index (κ3) is 30.8. The number of carboxylic acid groups (broad SMARTS) is 7. The van der Waals surface area contributed by atoms with Gasteiger partial charge >= 0.3 is 47.8 Å². The van der Waals surface area contributed by atoms with E-state index in [1.54, 1.807) is 19.6 Å². The van der Waals surface area contributed by atoms with Crippen molar-refractivity contribution in [2.45, 2.75) is 114 Å². The van der Waals surface area contributed by atoms with Gasteiger partial charge in [-0.1, -0.05) is 62.2 Å². The number of carboxylic acids is 7. The molecule has 71 heavy (non-hydrogen) atoms. The van der Waals surface area contributed by atoms with E-state index >= 15 is 0 Å². The molecule has 1 aliphatic heterocycles. The minimum Gasteiger partial charge on any atom is -0.481 e. The molecule has 3 amide bonds. The summed E-state index contributed by atoms with van der Waals surface area (Å²) < 4.78 is 0. The van der Waals surface area contributed by atoms with Gasteiger partial charge < -0.3 is 51.7 Å². The fourth-order valence-corrected chi connectivity index (χ4v) is 8.29. The van der Waals surface area contributed by atoms with Crippen LogP contribution in [-0.4, -0.2) is 211 Å². The second-order valence-electron chi connectivity index (χ2n) is 17.5. The van der Waals surface area contributed by atoms with Gasteiger partial charge in [0.25, 0.3) is 0 Å². The van der Waals surface area contributed by atoms with Gasteiger partial charge in [-0.15, -0.1) is 0 Å². The maximum absolute atomic E-state index is 12.3. The van der Waals surface area contributed by atoms with E-state index in [0.29, 0.717) is 45.1 Å². The van der Waals surface area contributed by atoms with E-state index in [1.807, 2.05) is 24.3 Å². The summed E-state index contributed by atoms with van der Waals surface area (Å²) in [6.45, 7) is 0.452. The molecule has 1 fully saturated rings. The summed E-state index contributed by atoms with van der Waals surface area (Å²) in [5, 5.41) is 73.1. The fourth-order valence-electron chi connectivity index (χ4n) is 7.98. The summed E-state index contributed by atoms with van der Waals surface area (Å²) >= 11 is 5.70. The molecule has 1 aromatic carbocycles. The van der Waals surface area contributed by atoms with E-state index in [-0.39, 0.29) is 128 Å². The molecule has 23 nitrogen and oxygen atoms in total. The Hall–Kier alpha value is -4.59. The quantitative estimate of drug-likeness (QED) is 0.0352. The van der Waals surface area contributed by atoms with Crippen LogP contribution < -0.4 is 16.0 Å². The Kier molecular flexibility index (Phi) is 33.0. The minimum atomic E-state index is -1.50. The number of hydrogen-bond acceptors (Lipinski definition) is 14. The number of thiocarbonyl (C=S) groups is 1. The van der Waals surface area contributed by atoms with Gasteiger partial charge in [0.1, 0.15) is 12.1 Å². The van der Waals surface area contributed by atoms with Crippen LogP contribution in [0.4, 0.5) is 4.79 Å². The number of unbranched alkanes of at least 4 members (excludes halogenated alkanes) is 6. The molecule has 407 valence electrons. The SMILES string of the molecule is O=C(O)CC[C@H](NC(=O)N[C@@H](CCCCNC(=O)CCCCCCCCC(=S)Cc1ccc(CC2CN(CC(=O)O)CCN(CC(=O)O)CCN(CC(=O)O)CCN2CC(=O)O)cc1)C(=O)O)C(=O)O.[Lu]. The average Bonchev–Trinajstić information content (AvgIpc) is 3.26. The smallest absolute Gasteiger partial charge is 0.326 e. The molecule has 0 bridgehead atoms. The Balaban J connectivity index is 0.0000252. The average molecular weight is 1190 g/mol. The van der Waals surface area contributed by atoms with E-state index in [1.165, 1.54) is 0 Å². The number of amides is 3. The number of nitrogens with one attached hydrogen (secondary N) is 3. The fraction of sp³-hybridized carbons (Fsp3) is 0.652. The van der Waals surface area contributed by atoms with Crippen molar-refractivity contribution in [1.82, 2.24) is 35.6 Å². The molecule has 1 saturated heterocycles. The van der Waals surface area contributed by atoms with Gasteiger partial charge in [0.15, 0.2) is 0 Å². The number of carbonyl (C=O) groups is 9. The summed E-state index contributed by atoms with van der Waals surface area (Å²) in [6.07, 6.45) is 7.47. The number of benzene rings is 1. The normalized spacial score (nSPS) is 16.1. The molecule has 1 aliphatic rings. The van der Waals surface area contributed by atoms with Gasteiger partial charge in [-0.3, -0.25) is 48.4 Å². The maximum atomic E-state index is 12.3. The monoisotopic (exact) mass is 1180 g/mol. The number of urea groups is 1. The summed E-state index contributed by atoms with van der Waals surface area (Å²) in [5.74, 6) is -8.43. The first kappa shape index (κ1) is 64.4. The van der Waals surface area contributed by atoms with Crippen LogP contribution in [0.5, 0.6) is 0 Å². The first-order valence-corrected chi connectivity index (χ1v) is 24.0.